The van der Waals surface area contributed by atoms with E-state index in [4.69, 9.17) is 21.8 Å². The van der Waals surface area contributed by atoms with Crippen LogP contribution in [0.4, 0.5) is 5.69 Å². The normalized spacial score (nSPS) is 13.4. The average molecular weight is 340 g/mol. The average Bonchev–Trinajstić information content (AvgIpc) is 3.11. The zero-order chi connectivity index (χ0) is 16.8. The van der Waals surface area contributed by atoms with Gasteiger partial charge < -0.3 is 20.4 Å². The van der Waals surface area contributed by atoms with Gasteiger partial charge in [0.25, 0.3) is 0 Å². The zero-order valence-corrected chi connectivity index (χ0v) is 13.3. The van der Waals surface area contributed by atoms with Crippen molar-refractivity contribution >= 4 is 28.4 Å². The highest BCUT2D eigenvalue weighted by Gasteiger charge is 2.29. The first-order valence-corrected chi connectivity index (χ1v) is 7.80. The van der Waals surface area contributed by atoms with Gasteiger partial charge in [-0.3, -0.25) is 0 Å². The number of fused-ring (bicyclic) bond motifs is 1. The molecule has 24 heavy (non-hydrogen) atoms. The number of allylic oxidation sites excluding steroid dienone is 1. The number of phenols is 2. The Morgan fingerprint density at radius 3 is 2.42 bits per heavy atom. The lowest BCUT2D eigenvalue weighted by atomic mass is 9.98. The van der Waals surface area contributed by atoms with Crippen molar-refractivity contribution in [1.82, 2.24) is 0 Å². The van der Waals surface area contributed by atoms with Crippen molar-refractivity contribution in [3.05, 3.63) is 76.2 Å². The number of anilines is 1. The van der Waals surface area contributed by atoms with Crippen LogP contribution in [0.5, 0.6) is 11.5 Å². The first-order valence-electron chi connectivity index (χ1n) is 7.42. The smallest absolute Gasteiger partial charge is 0.157 e. The van der Waals surface area contributed by atoms with E-state index in [-0.39, 0.29) is 11.5 Å². The molecule has 0 saturated heterocycles. The van der Waals surface area contributed by atoms with Crippen LogP contribution < -0.4 is 5.73 Å². The molecule has 1 aromatic heterocycles. The van der Waals surface area contributed by atoms with Crippen LogP contribution in [0.25, 0.3) is 11.1 Å². The van der Waals surface area contributed by atoms with Gasteiger partial charge in [-0.1, -0.05) is 23.7 Å². The van der Waals surface area contributed by atoms with Gasteiger partial charge in [0, 0.05) is 23.1 Å². The predicted octanol–water partition coefficient (Wildman–Crippen LogP) is 4.44. The molecule has 1 aliphatic rings. The van der Waals surface area contributed by atoms with Gasteiger partial charge in [-0.25, -0.2) is 0 Å². The molecule has 1 heterocycles. The minimum atomic E-state index is 0.0910. The number of furan rings is 1. The number of aromatic hydroxyl groups is 2. The number of nitrogen functional groups attached to an aromatic ring is 1. The van der Waals surface area contributed by atoms with Crippen LogP contribution in [0.2, 0.25) is 5.02 Å². The van der Waals surface area contributed by atoms with E-state index < -0.39 is 0 Å². The first kappa shape index (κ1) is 14.7. The van der Waals surface area contributed by atoms with E-state index in [1.165, 1.54) is 12.3 Å². The van der Waals surface area contributed by atoms with Crippen LogP contribution >= 0.6 is 11.6 Å². The Morgan fingerprint density at radius 2 is 1.75 bits per heavy atom. The summed E-state index contributed by atoms with van der Waals surface area (Å²) in [5, 5.41) is 20.0. The van der Waals surface area contributed by atoms with Crippen LogP contribution in [0.15, 0.2) is 53.1 Å². The Kier molecular flexibility index (Phi) is 3.28. The molecule has 3 aromatic rings. The lowest BCUT2D eigenvalue weighted by molar-refractivity contribution is 0.474. The molecular formula is C19H14ClNO3. The van der Waals surface area contributed by atoms with E-state index >= 15 is 0 Å². The van der Waals surface area contributed by atoms with Crippen LogP contribution in [0.1, 0.15) is 22.5 Å². The Hall–Kier alpha value is -2.85. The fraction of sp³-hybridized carbons (Fsp3) is 0.0526. The highest BCUT2D eigenvalue weighted by atomic mass is 35.5. The summed E-state index contributed by atoms with van der Waals surface area (Å²) in [4.78, 5) is 0. The molecule has 0 amide bonds. The van der Waals surface area contributed by atoms with Gasteiger partial charge >= 0.3 is 0 Å². The van der Waals surface area contributed by atoms with Gasteiger partial charge in [-0.15, -0.1) is 0 Å². The van der Waals surface area contributed by atoms with E-state index in [1.807, 2.05) is 12.1 Å². The third kappa shape index (κ3) is 2.23. The van der Waals surface area contributed by atoms with Gasteiger partial charge in [0.05, 0.1) is 12.0 Å². The van der Waals surface area contributed by atoms with Crippen LogP contribution in [0, 0.1) is 0 Å². The number of hydrogen-bond acceptors (Lipinski definition) is 4. The predicted molar refractivity (Wildman–Crippen MR) is 94.0 cm³/mol. The van der Waals surface area contributed by atoms with E-state index in [1.54, 1.807) is 24.3 Å². The van der Waals surface area contributed by atoms with Crippen molar-refractivity contribution in [3.8, 4) is 11.5 Å². The van der Waals surface area contributed by atoms with Gasteiger partial charge in [-0.2, -0.15) is 0 Å². The topological polar surface area (TPSA) is 79.6 Å². The summed E-state index contributed by atoms with van der Waals surface area (Å²) in [6.07, 6.45) is 2.13. The van der Waals surface area contributed by atoms with Crippen molar-refractivity contribution in [1.29, 1.82) is 0 Å². The third-order valence-corrected chi connectivity index (χ3v) is 4.58. The molecule has 120 valence electrons. The number of hydrogen-bond donors (Lipinski definition) is 3. The van der Waals surface area contributed by atoms with E-state index in [2.05, 4.69) is 0 Å². The van der Waals surface area contributed by atoms with Gasteiger partial charge in [0.1, 0.15) is 11.5 Å². The summed E-state index contributed by atoms with van der Waals surface area (Å²) in [5.41, 5.74) is 11.0. The third-order valence-electron chi connectivity index (χ3n) is 4.24. The molecular weight excluding hydrogens is 326 g/mol. The molecule has 0 aliphatic heterocycles. The summed E-state index contributed by atoms with van der Waals surface area (Å²) in [7, 11) is 0. The van der Waals surface area contributed by atoms with E-state index in [0.29, 0.717) is 22.9 Å². The minimum Gasteiger partial charge on any atom is -0.508 e. The lowest BCUT2D eigenvalue weighted by Gasteiger charge is -2.08. The molecule has 4 N–H and O–H groups in total. The Morgan fingerprint density at radius 1 is 1.00 bits per heavy atom. The van der Waals surface area contributed by atoms with Gasteiger partial charge in [0.2, 0.25) is 0 Å². The highest BCUT2D eigenvalue weighted by Crippen LogP contribution is 2.47. The summed E-state index contributed by atoms with van der Waals surface area (Å²) in [6.45, 7) is 0. The largest absolute Gasteiger partial charge is 0.508 e. The molecule has 0 unspecified atom stereocenters. The van der Waals surface area contributed by atoms with Crippen molar-refractivity contribution in [2.24, 2.45) is 0 Å². The highest BCUT2D eigenvalue weighted by molar-refractivity contribution is 6.32. The maximum Gasteiger partial charge on any atom is 0.157 e. The molecule has 0 spiro atoms. The Balaban J connectivity index is 2.00. The summed E-state index contributed by atoms with van der Waals surface area (Å²) < 4.78 is 5.60. The number of halogens is 1. The quantitative estimate of drug-likeness (QED) is 0.644. The maximum atomic E-state index is 9.95. The zero-order valence-electron chi connectivity index (χ0n) is 12.6. The molecule has 4 rings (SSSR count). The fourth-order valence-electron chi connectivity index (χ4n) is 3.14. The van der Waals surface area contributed by atoms with E-state index in [0.717, 1.165) is 27.8 Å². The first-order chi connectivity index (χ1) is 11.5. The van der Waals surface area contributed by atoms with Crippen molar-refractivity contribution in [2.45, 2.75) is 6.42 Å². The monoisotopic (exact) mass is 339 g/mol. The van der Waals surface area contributed by atoms with E-state index in [9.17, 15) is 10.2 Å². The number of benzene rings is 2. The Labute approximate surface area is 143 Å². The van der Waals surface area contributed by atoms with Crippen LogP contribution in [-0.4, -0.2) is 10.2 Å². The summed E-state index contributed by atoms with van der Waals surface area (Å²) in [6, 6.07) is 11.8. The second kappa shape index (κ2) is 5.35. The van der Waals surface area contributed by atoms with Crippen LogP contribution in [0.3, 0.4) is 0 Å². The molecule has 0 fully saturated rings. The number of nitrogens with two attached hydrogens (primary N) is 1. The Bertz CT molecular complexity index is 971. The van der Waals surface area contributed by atoms with Crippen molar-refractivity contribution in [2.75, 3.05) is 5.73 Å². The molecule has 0 saturated carbocycles. The summed E-state index contributed by atoms with van der Waals surface area (Å²) in [5.74, 6) is 0.844. The SMILES string of the molecule is Nc1ccoc1C1=C(c2ccc(O)cc2)Cc2c(Cl)cc(O)cc21. The molecule has 5 heteroatoms. The second-order valence-electron chi connectivity index (χ2n) is 5.74. The molecule has 1 aliphatic carbocycles. The second-order valence-corrected chi connectivity index (χ2v) is 6.14. The minimum absolute atomic E-state index is 0.0910. The number of rotatable bonds is 2. The van der Waals surface area contributed by atoms with Crippen molar-refractivity contribution < 1.29 is 14.6 Å². The number of phenolic OH excluding ortho intramolecular Hbond substituents is 2. The molecule has 2 aromatic carbocycles. The fourth-order valence-corrected chi connectivity index (χ4v) is 3.42. The van der Waals surface area contributed by atoms with Crippen molar-refractivity contribution in [3.63, 3.8) is 0 Å². The molecule has 0 radical (unpaired) electrons. The molecule has 0 bridgehead atoms. The molecule has 4 nitrogen and oxygen atoms in total. The molecule has 0 atom stereocenters. The van der Waals surface area contributed by atoms with Crippen LogP contribution in [-0.2, 0) is 6.42 Å². The van der Waals surface area contributed by atoms with Gasteiger partial charge in [0.15, 0.2) is 5.76 Å². The lowest BCUT2D eigenvalue weighted by Crippen LogP contribution is -1.92. The standard InChI is InChI=1S/C19H14ClNO3/c20-16-8-12(23)7-15-14(16)9-13(10-1-3-11(22)4-2-10)18(15)19-17(21)5-6-24-19/h1-8,22-23H,9,21H2. The summed E-state index contributed by atoms with van der Waals surface area (Å²) >= 11 is 6.33. The maximum absolute atomic E-state index is 9.95. The van der Waals surface area contributed by atoms with Gasteiger partial charge in [-0.05, 0) is 46.5 Å².